The van der Waals surface area contributed by atoms with Gasteiger partial charge in [-0.2, -0.15) is 0 Å². The molecule has 2 heterocycles. The maximum atomic E-state index is 13.2. The van der Waals surface area contributed by atoms with Crippen LogP contribution in [0, 0.1) is 0 Å². The molecule has 1 aromatic rings. The zero-order chi connectivity index (χ0) is 21.3. The Labute approximate surface area is 179 Å². The van der Waals surface area contributed by atoms with E-state index < -0.39 is 0 Å². The lowest BCUT2D eigenvalue weighted by atomic mass is 9.86. The van der Waals surface area contributed by atoms with Gasteiger partial charge in [0.15, 0.2) is 0 Å². The average Bonchev–Trinajstić information content (AvgIpc) is 2.97. The number of hydrogen-bond acceptors (Lipinski definition) is 4. The molecule has 0 radical (unpaired) electrons. The first-order chi connectivity index (χ1) is 14.5. The van der Waals surface area contributed by atoms with Crippen molar-refractivity contribution in [3.8, 4) is 0 Å². The van der Waals surface area contributed by atoms with Crippen LogP contribution in [0.4, 0.5) is 4.79 Å². The van der Waals surface area contributed by atoms with Gasteiger partial charge in [0.1, 0.15) is 6.17 Å². The number of hydrogen-bond donors (Lipinski definition) is 1. The Morgan fingerprint density at radius 1 is 1.17 bits per heavy atom. The van der Waals surface area contributed by atoms with Crippen LogP contribution in [-0.4, -0.2) is 53.7 Å². The number of piperidine rings is 1. The lowest BCUT2D eigenvalue weighted by Crippen LogP contribution is -2.54. The maximum absolute atomic E-state index is 13.2. The van der Waals surface area contributed by atoms with Crippen LogP contribution in [0.2, 0.25) is 0 Å². The van der Waals surface area contributed by atoms with Crippen molar-refractivity contribution in [1.29, 1.82) is 0 Å². The summed E-state index contributed by atoms with van der Waals surface area (Å²) in [6.07, 6.45) is 4.63. The van der Waals surface area contributed by atoms with Crippen LogP contribution in [0.3, 0.4) is 0 Å². The standard InChI is InChI=1S/C24H33N3O3/c1-4-30-24(29)26-14-12-19(13-15-26)25-22-16(2)17(3)23(28)27(22)21-11-7-9-18-8-5-6-10-20(18)21/h5-6,8,10,19,21-22,25H,4,7,9,11-15H2,1-3H3/t21-,22-/m1/s1. The minimum absolute atomic E-state index is 0.0761. The predicted molar refractivity (Wildman–Crippen MR) is 116 cm³/mol. The normalized spacial score (nSPS) is 25.0. The smallest absolute Gasteiger partial charge is 0.409 e. The fourth-order valence-electron chi connectivity index (χ4n) is 5.10. The van der Waals surface area contributed by atoms with E-state index in [1.54, 1.807) is 4.90 Å². The molecule has 0 saturated carbocycles. The number of aryl methyl sites for hydroxylation is 1. The van der Waals surface area contributed by atoms with Crippen molar-refractivity contribution < 1.29 is 14.3 Å². The van der Waals surface area contributed by atoms with Gasteiger partial charge in [-0.05, 0) is 69.6 Å². The third kappa shape index (κ3) is 3.85. The van der Waals surface area contributed by atoms with Gasteiger partial charge in [0, 0.05) is 24.7 Å². The van der Waals surface area contributed by atoms with Crippen LogP contribution >= 0.6 is 0 Å². The Balaban J connectivity index is 1.49. The van der Waals surface area contributed by atoms with Gasteiger partial charge in [-0.25, -0.2) is 4.79 Å². The summed E-state index contributed by atoms with van der Waals surface area (Å²) in [5.41, 5.74) is 4.64. The molecule has 2 aliphatic heterocycles. The summed E-state index contributed by atoms with van der Waals surface area (Å²) in [6, 6.07) is 8.95. The first-order valence-corrected chi connectivity index (χ1v) is 11.3. The fraction of sp³-hybridized carbons (Fsp3) is 0.583. The molecule has 0 unspecified atom stereocenters. The van der Waals surface area contributed by atoms with E-state index in [-0.39, 0.29) is 30.2 Å². The van der Waals surface area contributed by atoms with Crippen molar-refractivity contribution in [1.82, 2.24) is 15.1 Å². The third-order valence-corrected chi connectivity index (χ3v) is 6.92. The summed E-state index contributed by atoms with van der Waals surface area (Å²) >= 11 is 0. The fourth-order valence-corrected chi connectivity index (χ4v) is 5.10. The first-order valence-electron chi connectivity index (χ1n) is 11.3. The van der Waals surface area contributed by atoms with Crippen molar-refractivity contribution >= 4 is 12.0 Å². The average molecular weight is 412 g/mol. The molecular formula is C24H33N3O3. The number of carbonyl (C=O) groups is 2. The molecule has 0 spiro atoms. The number of fused-ring (bicyclic) bond motifs is 1. The number of nitrogens with one attached hydrogen (secondary N) is 1. The van der Waals surface area contributed by atoms with Gasteiger partial charge in [-0.15, -0.1) is 0 Å². The van der Waals surface area contributed by atoms with Crippen molar-refractivity contribution in [3.05, 3.63) is 46.5 Å². The van der Waals surface area contributed by atoms with Crippen LogP contribution in [0.1, 0.15) is 63.6 Å². The number of nitrogens with zero attached hydrogens (tertiary/aromatic N) is 2. The monoisotopic (exact) mass is 411 g/mol. The van der Waals surface area contributed by atoms with E-state index in [1.165, 1.54) is 11.1 Å². The molecule has 2 amide bonds. The van der Waals surface area contributed by atoms with Crippen molar-refractivity contribution in [2.24, 2.45) is 0 Å². The second-order valence-corrected chi connectivity index (χ2v) is 8.66. The first kappa shape index (κ1) is 20.9. The lowest BCUT2D eigenvalue weighted by Gasteiger charge is -2.41. The van der Waals surface area contributed by atoms with E-state index in [1.807, 2.05) is 13.8 Å². The highest BCUT2D eigenvalue weighted by Gasteiger charge is 2.42. The molecule has 6 nitrogen and oxygen atoms in total. The Kier molecular flexibility index (Phi) is 6.14. The molecular weight excluding hydrogens is 378 g/mol. The van der Waals surface area contributed by atoms with E-state index in [2.05, 4.69) is 41.4 Å². The van der Waals surface area contributed by atoms with Crippen LogP contribution < -0.4 is 5.32 Å². The number of benzene rings is 1. The molecule has 0 aromatic heterocycles. The molecule has 1 saturated heterocycles. The van der Waals surface area contributed by atoms with E-state index in [9.17, 15) is 9.59 Å². The number of amides is 2. The third-order valence-electron chi connectivity index (χ3n) is 6.92. The molecule has 1 aromatic carbocycles. The lowest BCUT2D eigenvalue weighted by molar-refractivity contribution is -0.130. The molecule has 1 fully saturated rings. The molecule has 6 heteroatoms. The van der Waals surface area contributed by atoms with E-state index >= 15 is 0 Å². The maximum Gasteiger partial charge on any atom is 0.409 e. The van der Waals surface area contributed by atoms with E-state index in [0.29, 0.717) is 19.7 Å². The summed E-state index contributed by atoms with van der Waals surface area (Å²) in [5, 5.41) is 3.77. The Morgan fingerprint density at radius 3 is 2.63 bits per heavy atom. The highest BCUT2D eigenvalue weighted by atomic mass is 16.6. The molecule has 0 bridgehead atoms. The van der Waals surface area contributed by atoms with Gasteiger partial charge in [-0.3, -0.25) is 10.1 Å². The molecule has 4 rings (SSSR count). The van der Waals surface area contributed by atoms with Gasteiger partial charge in [0.05, 0.1) is 12.6 Å². The summed E-state index contributed by atoms with van der Waals surface area (Å²) in [6.45, 7) is 7.63. The molecule has 1 aliphatic carbocycles. The minimum Gasteiger partial charge on any atom is -0.450 e. The summed E-state index contributed by atoms with van der Waals surface area (Å²) in [5.74, 6) is 0.149. The second-order valence-electron chi connectivity index (χ2n) is 8.66. The summed E-state index contributed by atoms with van der Waals surface area (Å²) in [4.78, 5) is 29.1. The van der Waals surface area contributed by atoms with E-state index in [0.717, 1.165) is 43.3 Å². The Hall–Kier alpha value is -2.34. The summed E-state index contributed by atoms with van der Waals surface area (Å²) < 4.78 is 5.13. The SMILES string of the molecule is CCOC(=O)N1CCC(N[C@H]2C(C)=C(C)C(=O)N2[C@@H]2CCCc3ccccc32)CC1. The quantitative estimate of drug-likeness (QED) is 0.819. The van der Waals surface area contributed by atoms with Crippen LogP contribution in [-0.2, 0) is 16.0 Å². The van der Waals surface area contributed by atoms with E-state index in [4.69, 9.17) is 4.74 Å². The minimum atomic E-state index is -0.223. The summed E-state index contributed by atoms with van der Waals surface area (Å²) in [7, 11) is 0. The number of rotatable bonds is 4. The van der Waals surface area contributed by atoms with Crippen molar-refractivity contribution in [3.63, 3.8) is 0 Å². The molecule has 3 aliphatic rings. The zero-order valence-electron chi connectivity index (χ0n) is 18.3. The highest BCUT2D eigenvalue weighted by Crippen LogP contribution is 2.40. The van der Waals surface area contributed by atoms with Gasteiger partial charge in [-0.1, -0.05) is 24.3 Å². The highest BCUT2D eigenvalue weighted by molar-refractivity contribution is 5.97. The predicted octanol–water partition coefficient (Wildman–Crippen LogP) is 3.78. The van der Waals surface area contributed by atoms with Gasteiger partial charge >= 0.3 is 6.09 Å². The van der Waals surface area contributed by atoms with Crippen LogP contribution in [0.15, 0.2) is 35.4 Å². The Bertz CT molecular complexity index is 842. The molecule has 162 valence electrons. The Morgan fingerprint density at radius 2 is 1.90 bits per heavy atom. The molecule has 1 N–H and O–H groups in total. The molecule has 30 heavy (non-hydrogen) atoms. The topological polar surface area (TPSA) is 61.9 Å². The van der Waals surface area contributed by atoms with Gasteiger partial charge < -0.3 is 14.5 Å². The van der Waals surface area contributed by atoms with Crippen LogP contribution in [0.25, 0.3) is 0 Å². The number of likely N-dealkylation sites (tertiary alicyclic amines) is 1. The van der Waals surface area contributed by atoms with Crippen LogP contribution in [0.5, 0.6) is 0 Å². The molecule has 2 atom stereocenters. The number of ether oxygens (including phenoxy) is 1. The van der Waals surface area contributed by atoms with Gasteiger partial charge in [0.25, 0.3) is 5.91 Å². The van der Waals surface area contributed by atoms with Crippen molar-refractivity contribution in [2.75, 3.05) is 19.7 Å². The number of carbonyl (C=O) groups excluding carboxylic acids is 2. The second kappa shape index (κ2) is 8.80. The zero-order valence-corrected chi connectivity index (χ0v) is 18.3. The largest absolute Gasteiger partial charge is 0.450 e. The van der Waals surface area contributed by atoms with Gasteiger partial charge in [0.2, 0.25) is 0 Å². The van der Waals surface area contributed by atoms with Crippen molar-refractivity contribution in [2.45, 2.75) is 71.1 Å².